The number of halogens is 1. The van der Waals surface area contributed by atoms with E-state index in [0.717, 1.165) is 34.8 Å². The summed E-state index contributed by atoms with van der Waals surface area (Å²) in [5.74, 6) is -0.599. The number of nitrogens with zero attached hydrogens (tertiary/aromatic N) is 1. The van der Waals surface area contributed by atoms with Crippen LogP contribution in [0.5, 0.6) is 0 Å². The summed E-state index contributed by atoms with van der Waals surface area (Å²) >= 11 is 3.45. The molecule has 5 nitrogen and oxygen atoms in total. The van der Waals surface area contributed by atoms with E-state index in [0.29, 0.717) is 16.8 Å². The summed E-state index contributed by atoms with van der Waals surface area (Å²) in [6.07, 6.45) is 11.3. The lowest BCUT2D eigenvalue weighted by atomic mass is 10.1. The number of hydrogen-bond donors (Lipinski definition) is 2. The molecule has 0 aliphatic heterocycles. The van der Waals surface area contributed by atoms with Gasteiger partial charge >= 0.3 is 0 Å². The molecule has 0 spiro atoms. The number of allylic oxidation sites excluding steroid dienone is 5. The van der Waals surface area contributed by atoms with Crippen molar-refractivity contribution in [2.75, 3.05) is 10.6 Å². The molecule has 1 aromatic heterocycles. The van der Waals surface area contributed by atoms with Gasteiger partial charge in [-0.05, 0) is 43.2 Å². The van der Waals surface area contributed by atoms with E-state index < -0.39 is 0 Å². The number of aromatic nitrogens is 1. The third-order valence-corrected chi connectivity index (χ3v) is 5.50. The number of carbonyl (C=O) groups is 2. The molecule has 0 atom stereocenters. The van der Waals surface area contributed by atoms with E-state index in [-0.39, 0.29) is 11.8 Å². The van der Waals surface area contributed by atoms with Gasteiger partial charge in [0.1, 0.15) is 0 Å². The van der Waals surface area contributed by atoms with Gasteiger partial charge in [0.25, 0.3) is 11.8 Å². The zero-order valence-electron chi connectivity index (χ0n) is 17.3. The summed E-state index contributed by atoms with van der Waals surface area (Å²) in [7, 11) is 0. The fourth-order valence-corrected chi connectivity index (χ4v) is 3.89. The SMILES string of the molecule is O=C(Nc1ccccc1C(=O)NC1=CCC=C(CCBr)C=C1)c1cnc2ccccc2c1. The van der Waals surface area contributed by atoms with Crippen LogP contribution in [0.4, 0.5) is 5.69 Å². The van der Waals surface area contributed by atoms with Crippen molar-refractivity contribution in [3.63, 3.8) is 0 Å². The van der Waals surface area contributed by atoms with Gasteiger partial charge in [-0.1, -0.05) is 70.1 Å². The van der Waals surface area contributed by atoms with E-state index in [1.54, 1.807) is 36.5 Å². The Kier molecular flexibility index (Phi) is 6.92. The second-order valence-corrected chi connectivity index (χ2v) is 8.11. The number of benzene rings is 2. The van der Waals surface area contributed by atoms with Crippen molar-refractivity contribution >= 4 is 44.3 Å². The Bertz CT molecular complexity index is 1260. The summed E-state index contributed by atoms with van der Waals surface area (Å²) in [4.78, 5) is 30.2. The highest BCUT2D eigenvalue weighted by Crippen LogP contribution is 2.19. The Morgan fingerprint density at radius 2 is 1.75 bits per heavy atom. The molecule has 1 aliphatic rings. The third kappa shape index (κ3) is 5.21. The summed E-state index contributed by atoms with van der Waals surface area (Å²) in [5.41, 5.74) is 4.04. The van der Waals surface area contributed by atoms with Crippen LogP contribution in [0.1, 0.15) is 33.6 Å². The highest BCUT2D eigenvalue weighted by Gasteiger charge is 2.15. The van der Waals surface area contributed by atoms with E-state index in [9.17, 15) is 9.59 Å². The molecule has 32 heavy (non-hydrogen) atoms. The van der Waals surface area contributed by atoms with E-state index in [4.69, 9.17) is 0 Å². The number of fused-ring (bicyclic) bond motifs is 1. The minimum Gasteiger partial charge on any atom is -0.322 e. The average Bonchev–Trinajstić information content (AvgIpc) is 3.04. The molecular weight excluding hydrogens is 466 g/mol. The first-order chi connectivity index (χ1) is 15.6. The molecule has 2 aromatic carbocycles. The van der Waals surface area contributed by atoms with Gasteiger partial charge in [0.2, 0.25) is 0 Å². The number of pyridine rings is 1. The molecule has 1 aliphatic carbocycles. The fourth-order valence-electron chi connectivity index (χ4n) is 3.44. The Morgan fingerprint density at radius 1 is 0.938 bits per heavy atom. The standard InChI is InChI=1S/C26H22BrN3O2/c27-15-14-18-6-5-8-21(13-12-18)29-26(32)22-9-2-4-11-24(22)30-25(31)20-16-19-7-1-3-10-23(19)28-17-20/h1-4,6-13,16-17H,5,14-15H2,(H,29,32)(H,30,31). The molecule has 0 saturated carbocycles. The Labute approximate surface area is 195 Å². The molecule has 3 aromatic rings. The first kappa shape index (κ1) is 21.7. The summed E-state index contributed by atoms with van der Waals surface area (Å²) < 4.78 is 0. The minimum absolute atomic E-state index is 0.280. The second-order valence-electron chi connectivity index (χ2n) is 7.32. The van der Waals surface area contributed by atoms with E-state index in [2.05, 4.69) is 37.6 Å². The lowest BCUT2D eigenvalue weighted by Crippen LogP contribution is -2.24. The predicted molar refractivity (Wildman–Crippen MR) is 132 cm³/mol. The lowest BCUT2D eigenvalue weighted by molar-refractivity contribution is 0.0968. The van der Waals surface area contributed by atoms with Crippen LogP contribution in [0.15, 0.2) is 96.4 Å². The molecule has 6 heteroatoms. The van der Waals surface area contributed by atoms with Crippen molar-refractivity contribution in [2.45, 2.75) is 12.8 Å². The van der Waals surface area contributed by atoms with E-state index >= 15 is 0 Å². The molecule has 0 radical (unpaired) electrons. The predicted octanol–water partition coefficient (Wildman–Crippen LogP) is 5.77. The summed E-state index contributed by atoms with van der Waals surface area (Å²) in [6.45, 7) is 0. The molecule has 2 amide bonds. The average molecular weight is 488 g/mol. The van der Waals surface area contributed by atoms with Gasteiger partial charge in [-0.25, -0.2) is 0 Å². The molecular formula is C26H22BrN3O2. The summed E-state index contributed by atoms with van der Waals surface area (Å²) in [6, 6.07) is 16.4. The maximum absolute atomic E-state index is 13.0. The van der Waals surface area contributed by atoms with E-state index in [1.165, 1.54) is 5.57 Å². The first-order valence-corrected chi connectivity index (χ1v) is 11.5. The maximum atomic E-state index is 13.0. The van der Waals surface area contributed by atoms with Crippen molar-refractivity contribution < 1.29 is 9.59 Å². The van der Waals surface area contributed by atoms with Crippen molar-refractivity contribution in [2.24, 2.45) is 0 Å². The Hall–Kier alpha value is -3.51. The Morgan fingerprint density at radius 3 is 2.62 bits per heavy atom. The number of para-hydroxylation sites is 2. The lowest BCUT2D eigenvalue weighted by Gasteiger charge is -2.12. The van der Waals surface area contributed by atoms with Gasteiger partial charge in [0, 0.05) is 22.6 Å². The highest BCUT2D eigenvalue weighted by atomic mass is 79.9. The highest BCUT2D eigenvalue weighted by molar-refractivity contribution is 9.09. The molecule has 0 saturated heterocycles. The number of alkyl halides is 1. The van der Waals surface area contributed by atoms with Crippen LogP contribution in [0, 0.1) is 0 Å². The van der Waals surface area contributed by atoms with E-state index in [1.807, 2.05) is 42.5 Å². The van der Waals surface area contributed by atoms with Gasteiger partial charge in [-0.2, -0.15) is 0 Å². The zero-order chi connectivity index (χ0) is 22.3. The van der Waals surface area contributed by atoms with Crippen molar-refractivity contribution in [1.82, 2.24) is 10.3 Å². The van der Waals surface area contributed by atoms with Gasteiger partial charge in [0.05, 0.1) is 22.3 Å². The smallest absolute Gasteiger partial charge is 0.257 e. The van der Waals surface area contributed by atoms with Crippen LogP contribution < -0.4 is 10.6 Å². The molecule has 0 fully saturated rings. The Balaban J connectivity index is 1.50. The third-order valence-electron chi connectivity index (χ3n) is 5.11. The number of rotatable bonds is 6. The van der Waals surface area contributed by atoms with Gasteiger partial charge in [-0.15, -0.1) is 0 Å². The molecule has 0 unspecified atom stereocenters. The van der Waals surface area contributed by atoms with Gasteiger partial charge in [-0.3, -0.25) is 14.6 Å². The van der Waals surface area contributed by atoms with Gasteiger partial charge < -0.3 is 10.6 Å². The van der Waals surface area contributed by atoms with Crippen molar-refractivity contribution in [1.29, 1.82) is 0 Å². The van der Waals surface area contributed by atoms with Crippen LogP contribution in [-0.2, 0) is 0 Å². The van der Waals surface area contributed by atoms with Gasteiger partial charge in [0.15, 0.2) is 0 Å². The maximum Gasteiger partial charge on any atom is 0.257 e. The quantitative estimate of drug-likeness (QED) is 0.433. The molecule has 4 rings (SSSR count). The zero-order valence-corrected chi connectivity index (χ0v) is 18.9. The van der Waals surface area contributed by atoms with Crippen LogP contribution >= 0.6 is 15.9 Å². The van der Waals surface area contributed by atoms with Crippen LogP contribution in [0.2, 0.25) is 0 Å². The number of nitrogens with one attached hydrogen (secondary N) is 2. The number of amides is 2. The molecule has 2 N–H and O–H groups in total. The monoisotopic (exact) mass is 487 g/mol. The molecule has 1 heterocycles. The largest absolute Gasteiger partial charge is 0.322 e. The first-order valence-electron chi connectivity index (χ1n) is 10.3. The van der Waals surface area contributed by atoms with Crippen LogP contribution in [0.25, 0.3) is 10.9 Å². The fraction of sp³-hybridized carbons (Fsp3) is 0.115. The second kappa shape index (κ2) is 10.2. The van der Waals surface area contributed by atoms with Crippen molar-refractivity contribution in [3.05, 3.63) is 107 Å². The number of carbonyl (C=O) groups excluding carboxylic acids is 2. The van der Waals surface area contributed by atoms with Crippen LogP contribution in [-0.4, -0.2) is 22.1 Å². The number of hydrogen-bond acceptors (Lipinski definition) is 3. The van der Waals surface area contributed by atoms with Crippen molar-refractivity contribution in [3.8, 4) is 0 Å². The van der Waals surface area contributed by atoms with Crippen LogP contribution in [0.3, 0.4) is 0 Å². The normalized spacial score (nSPS) is 13.2. The molecule has 160 valence electrons. The minimum atomic E-state index is -0.319. The number of anilines is 1. The topological polar surface area (TPSA) is 71.1 Å². The molecule has 0 bridgehead atoms. The summed E-state index contributed by atoms with van der Waals surface area (Å²) in [5, 5.41) is 7.57.